The van der Waals surface area contributed by atoms with Crippen molar-refractivity contribution in [2.75, 3.05) is 0 Å². The van der Waals surface area contributed by atoms with Gasteiger partial charge in [0.15, 0.2) is 0 Å². The van der Waals surface area contributed by atoms with Crippen LogP contribution in [0, 0.1) is 13.8 Å². The van der Waals surface area contributed by atoms with Gasteiger partial charge in [0.25, 0.3) is 0 Å². The highest BCUT2D eigenvalue weighted by Crippen LogP contribution is 2.26. The van der Waals surface area contributed by atoms with E-state index in [9.17, 15) is 4.79 Å². The average Bonchev–Trinajstić information content (AvgIpc) is 2.66. The minimum atomic E-state index is 0.120. The van der Waals surface area contributed by atoms with Gasteiger partial charge in [-0.1, -0.05) is 43.3 Å². The largest absolute Gasteiger partial charge is 0.349 e. The Morgan fingerprint density at radius 3 is 2.50 bits per heavy atom. The van der Waals surface area contributed by atoms with Crippen molar-refractivity contribution in [3.8, 4) is 0 Å². The van der Waals surface area contributed by atoms with E-state index in [2.05, 4.69) is 62.5 Å². The Morgan fingerprint density at radius 1 is 1.00 bits per heavy atom. The molecule has 2 aromatic carbocycles. The summed E-state index contributed by atoms with van der Waals surface area (Å²) in [7, 11) is 0. The van der Waals surface area contributed by atoms with Crippen molar-refractivity contribution in [1.82, 2.24) is 5.32 Å². The van der Waals surface area contributed by atoms with Crippen molar-refractivity contribution < 1.29 is 4.79 Å². The topological polar surface area (TPSA) is 29.1 Å². The van der Waals surface area contributed by atoms with Crippen molar-refractivity contribution in [1.29, 1.82) is 0 Å². The molecular weight excluding hydrogens is 318 g/mol. The van der Waals surface area contributed by atoms with Crippen LogP contribution in [0.25, 0.3) is 0 Å². The van der Waals surface area contributed by atoms with Crippen LogP contribution in [-0.4, -0.2) is 5.91 Å². The first kappa shape index (κ1) is 18.7. The Bertz CT molecular complexity index is 778. The molecule has 26 heavy (non-hydrogen) atoms. The quantitative estimate of drug-likeness (QED) is 0.745. The summed E-state index contributed by atoms with van der Waals surface area (Å²) in [6, 6.07) is 13.4. The third kappa shape index (κ3) is 4.55. The van der Waals surface area contributed by atoms with Gasteiger partial charge in [-0.2, -0.15) is 0 Å². The molecule has 1 aliphatic rings. The number of aryl methyl sites for hydroxylation is 5. The molecule has 0 unspecified atom stereocenters. The fourth-order valence-electron chi connectivity index (χ4n) is 3.87. The summed E-state index contributed by atoms with van der Waals surface area (Å²) >= 11 is 0. The fraction of sp³-hybridized carbons (Fsp3) is 0.458. The second-order valence-electron chi connectivity index (χ2n) is 7.68. The Labute approximate surface area is 158 Å². The number of rotatable bonds is 6. The Hall–Kier alpha value is -2.09. The molecule has 1 aliphatic carbocycles. The van der Waals surface area contributed by atoms with Gasteiger partial charge in [0.1, 0.15) is 0 Å². The molecule has 2 nitrogen and oxygen atoms in total. The van der Waals surface area contributed by atoms with Crippen molar-refractivity contribution >= 4 is 5.91 Å². The van der Waals surface area contributed by atoms with Gasteiger partial charge < -0.3 is 5.32 Å². The molecule has 1 atom stereocenters. The van der Waals surface area contributed by atoms with Crippen LogP contribution in [0.5, 0.6) is 0 Å². The highest BCUT2D eigenvalue weighted by molar-refractivity contribution is 5.76. The van der Waals surface area contributed by atoms with Gasteiger partial charge in [0, 0.05) is 6.42 Å². The minimum Gasteiger partial charge on any atom is -0.349 e. The molecule has 1 N–H and O–H groups in total. The SMILES string of the molecule is CC[C@@H](NC(=O)CCc1ccc(C)c(C)c1)c1ccc2c(c1)CCCC2. The Kier molecular flexibility index (Phi) is 6.13. The molecule has 3 rings (SSSR count). The molecule has 0 aliphatic heterocycles. The normalized spacial score (nSPS) is 14.6. The maximum Gasteiger partial charge on any atom is 0.220 e. The summed E-state index contributed by atoms with van der Waals surface area (Å²) in [5.41, 5.74) is 8.07. The van der Waals surface area contributed by atoms with E-state index in [-0.39, 0.29) is 11.9 Å². The lowest BCUT2D eigenvalue weighted by Crippen LogP contribution is -2.28. The van der Waals surface area contributed by atoms with Gasteiger partial charge in [-0.3, -0.25) is 4.79 Å². The van der Waals surface area contributed by atoms with Gasteiger partial charge in [-0.15, -0.1) is 0 Å². The second-order valence-corrected chi connectivity index (χ2v) is 7.68. The lowest BCUT2D eigenvalue weighted by atomic mass is 9.88. The molecule has 0 spiro atoms. The van der Waals surface area contributed by atoms with E-state index >= 15 is 0 Å². The van der Waals surface area contributed by atoms with Crippen LogP contribution in [0.15, 0.2) is 36.4 Å². The van der Waals surface area contributed by atoms with E-state index in [0.717, 1.165) is 12.8 Å². The summed E-state index contributed by atoms with van der Waals surface area (Å²) in [6.45, 7) is 6.39. The zero-order valence-corrected chi connectivity index (χ0v) is 16.4. The van der Waals surface area contributed by atoms with Crippen LogP contribution in [0.1, 0.15) is 72.0 Å². The number of carbonyl (C=O) groups is 1. The maximum atomic E-state index is 12.5. The fourth-order valence-corrected chi connectivity index (χ4v) is 3.87. The van der Waals surface area contributed by atoms with E-state index in [1.165, 1.54) is 59.1 Å². The molecule has 1 amide bonds. The van der Waals surface area contributed by atoms with E-state index in [1.54, 1.807) is 0 Å². The first-order chi connectivity index (χ1) is 12.6. The predicted octanol–water partition coefficient (Wildman–Crippen LogP) is 5.38. The van der Waals surface area contributed by atoms with Crippen molar-refractivity contribution in [2.45, 2.75) is 71.8 Å². The molecule has 0 aromatic heterocycles. The third-order valence-corrected chi connectivity index (χ3v) is 5.73. The summed E-state index contributed by atoms with van der Waals surface area (Å²) in [5.74, 6) is 0.146. The molecule has 2 heteroatoms. The molecule has 0 saturated carbocycles. The molecule has 138 valence electrons. The van der Waals surface area contributed by atoms with Gasteiger partial charge in [0.05, 0.1) is 6.04 Å². The number of benzene rings is 2. The molecule has 0 bridgehead atoms. The summed E-state index contributed by atoms with van der Waals surface area (Å²) in [5, 5.41) is 3.25. The van der Waals surface area contributed by atoms with Crippen LogP contribution < -0.4 is 5.32 Å². The zero-order valence-electron chi connectivity index (χ0n) is 16.4. The van der Waals surface area contributed by atoms with E-state index in [1.807, 2.05) is 0 Å². The molecule has 0 heterocycles. The van der Waals surface area contributed by atoms with Crippen molar-refractivity contribution in [2.24, 2.45) is 0 Å². The highest BCUT2D eigenvalue weighted by Gasteiger charge is 2.16. The molecular formula is C24H31NO. The molecule has 0 fully saturated rings. The van der Waals surface area contributed by atoms with E-state index < -0.39 is 0 Å². The van der Waals surface area contributed by atoms with Crippen LogP contribution in [0.2, 0.25) is 0 Å². The lowest BCUT2D eigenvalue weighted by molar-refractivity contribution is -0.121. The van der Waals surface area contributed by atoms with Gasteiger partial charge >= 0.3 is 0 Å². The van der Waals surface area contributed by atoms with Gasteiger partial charge in [-0.25, -0.2) is 0 Å². The average molecular weight is 350 g/mol. The summed E-state index contributed by atoms with van der Waals surface area (Å²) in [4.78, 5) is 12.5. The molecule has 2 aromatic rings. The highest BCUT2D eigenvalue weighted by atomic mass is 16.1. The van der Waals surface area contributed by atoms with Gasteiger partial charge in [0.2, 0.25) is 5.91 Å². The van der Waals surface area contributed by atoms with E-state index in [0.29, 0.717) is 6.42 Å². The molecule has 0 radical (unpaired) electrons. The number of hydrogen-bond donors (Lipinski definition) is 1. The maximum absolute atomic E-state index is 12.5. The van der Waals surface area contributed by atoms with Crippen LogP contribution in [0.3, 0.4) is 0 Å². The smallest absolute Gasteiger partial charge is 0.220 e. The van der Waals surface area contributed by atoms with Crippen LogP contribution in [0.4, 0.5) is 0 Å². The predicted molar refractivity (Wildman–Crippen MR) is 108 cm³/mol. The number of carbonyl (C=O) groups excluding carboxylic acids is 1. The number of hydrogen-bond acceptors (Lipinski definition) is 1. The van der Waals surface area contributed by atoms with Crippen LogP contribution in [-0.2, 0) is 24.1 Å². The lowest BCUT2D eigenvalue weighted by Gasteiger charge is -2.22. The van der Waals surface area contributed by atoms with Crippen molar-refractivity contribution in [3.05, 3.63) is 69.8 Å². The monoisotopic (exact) mass is 349 g/mol. The summed E-state index contributed by atoms with van der Waals surface area (Å²) < 4.78 is 0. The minimum absolute atomic E-state index is 0.120. The first-order valence-corrected chi connectivity index (χ1v) is 10.0. The summed E-state index contributed by atoms with van der Waals surface area (Å²) in [6.07, 6.45) is 7.25. The standard InChI is InChI=1S/C24H31NO/c1-4-23(22-13-12-20-7-5-6-8-21(20)16-22)25-24(26)14-11-19-10-9-17(2)18(3)15-19/h9-10,12-13,15-16,23H,4-8,11,14H2,1-3H3,(H,25,26)/t23-/m1/s1. The second kappa shape index (κ2) is 8.53. The van der Waals surface area contributed by atoms with E-state index in [4.69, 9.17) is 0 Å². The van der Waals surface area contributed by atoms with Gasteiger partial charge in [-0.05, 0) is 85.8 Å². The first-order valence-electron chi connectivity index (χ1n) is 10.0. The zero-order chi connectivity index (χ0) is 18.5. The Morgan fingerprint density at radius 2 is 1.77 bits per heavy atom. The number of amides is 1. The molecule has 0 saturated heterocycles. The number of nitrogens with one attached hydrogen (secondary N) is 1. The number of fused-ring (bicyclic) bond motifs is 1. The Balaban J connectivity index is 1.60. The van der Waals surface area contributed by atoms with Crippen molar-refractivity contribution in [3.63, 3.8) is 0 Å². The third-order valence-electron chi connectivity index (χ3n) is 5.73. The van der Waals surface area contributed by atoms with Crippen LogP contribution >= 0.6 is 0 Å².